The highest BCUT2D eigenvalue weighted by atomic mass is 79.9. The molecule has 3 amide bonds. The van der Waals surface area contributed by atoms with Gasteiger partial charge in [0, 0.05) is 40.4 Å². The second kappa shape index (κ2) is 11.6. The standard InChI is InChI=1S/C27H25BrClN3O4/c1-17-12-21(6-11-24(17)28)31-25(33)16-36-23-9-7-22(8-10-23)32-15-19(13-26(32)34)27(35)30-14-18-2-4-20(29)5-3-18/h2-12,19H,13-16H2,1H3,(H,30,35)(H,31,33)/t19-/m1/s1. The van der Waals surface area contributed by atoms with Gasteiger partial charge in [-0.2, -0.15) is 0 Å². The summed E-state index contributed by atoms with van der Waals surface area (Å²) >= 11 is 9.32. The van der Waals surface area contributed by atoms with Crippen LogP contribution < -0.4 is 20.3 Å². The van der Waals surface area contributed by atoms with E-state index < -0.39 is 5.92 Å². The van der Waals surface area contributed by atoms with E-state index >= 15 is 0 Å². The molecule has 1 atom stereocenters. The zero-order valence-electron chi connectivity index (χ0n) is 19.6. The molecule has 0 aliphatic carbocycles. The summed E-state index contributed by atoms with van der Waals surface area (Å²) in [6.45, 7) is 2.48. The van der Waals surface area contributed by atoms with Crippen molar-refractivity contribution in [2.24, 2.45) is 5.92 Å². The molecule has 2 N–H and O–H groups in total. The van der Waals surface area contributed by atoms with E-state index in [1.54, 1.807) is 41.3 Å². The first kappa shape index (κ1) is 25.7. The highest BCUT2D eigenvalue weighted by Crippen LogP contribution is 2.27. The van der Waals surface area contributed by atoms with Crippen molar-refractivity contribution in [3.8, 4) is 5.75 Å². The second-order valence-electron chi connectivity index (χ2n) is 8.54. The molecule has 0 spiro atoms. The number of nitrogens with one attached hydrogen (secondary N) is 2. The molecule has 0 saturated carbocycles. The van der Waals surface area contributed by atoms with Crippen LogP contribution in [0.25, 0.3) is 0 Å². The number of halogens is 2. The van der Waals surface area contributed by atoms with Gasteiger partial charge in [0.05, 0.1) is 5.92 Å². The lowest BCUT2D eigenvalue weighted by Crippen LogP contribution is -2.32. The maximum absolute atomic E-state index is 12.6. The van der Waals surface area contributed by atoms with Gasteiger partial charge in [0.15, 0.2) is 6.61 Å². The van der Waals surface area contributed by atoms with Crippen LogP contribution in [0.5, 0.6) is 5.75 Å². The van der Waals surface area contributed by atoms with Crippen LogP contribution in [0, 0.1) is 12.8 Å². The maximum atomic E-state index is 12.6. The molecule has 1 aliphatic heterocycles. The number of rotatable bonds is 8. The Balaban J connectivity index is 1.26. The van der Waals surface area contributed by atoms with Crippen molar-refractivity contribution in [2.75, 3.05) is 23.4 Å². The molecule has 0 radical (unpaired) electrons. The normalized spacial score (nSPS) is 15.0. The van der Waals surface area contributed by atoms with E-state index in [-0.39, 0.29) is 30.7 Å². The lowest BCUT2D eigenvalue weighted by atomic mass is 10.1. The number of nitrogens with zero attached hydrogens (tertiary/aromatic N) is 1. The fourth-order valence-electron chi connectivity index (χ4n) is 3.86. The van der Waals surface area contributed by atoms with Crippen molar-refractivity contribution in [1.29, 1.82) is 0 Å². The lowest BCUT2D eigenvalue weighted by molar-refractivity contribution is -0.126. The Morgan fingerprint density at radius 3 is 2.50 bits per heavy atom. The van der Waals surface area contributed by atoms with Gasteiger partial charge in [-0.3, -0.25) is 14.4 Å². The third-order valence-electron chi connectivity index (χ3n) is 5.84. The zero-order valence-corrected chi connectivity index (χ0v) is 21.9. The van der Waals surface area contributed by atoms with Crippen molar-refractivity contribution >= 4 is 56.6 Å². The van der Waals surface area contributed by atoms with Crippen molar-refractivity contribution in [3.05, 3.63) is 87.4 Å². The monoisotopic (exact) mass is 569 g/mol. The summed E-state index contributed by atoms with van der Waals surface area (Å²) in [5, 5.41) is 6.33. The van der Waals surface area contributed by atoms with Gasteiger partial charge in [-0.25, -0.2) is 0 Å². The highest BCUT2D eigenvalue weighted by molar-refractivity contribution is 9.10. The third-order valence-corrected chi connectivity index (χ3v) is 6.98. The molecule has 9 heteroatoms. The molecule has 36 heavy (non-hydrogen) atoms. The minimum Gasteiger partial charge on any atom is -0.484 e. The number of carbonyl (C=O) groups is 3. The van der Waals surface area contributed by atoms with Crippen LogP contribution in [0.4, 0.5) is 11.4 Å². The quantitative estimate of drug-likeness (QED) is 0.395. The Hall–Kier alpha value is -3.36. The molecular weight excluding hydrogens is 546 g/mol. The fourth-order valence-corrected chi connectivity index (χ4v) is 4.23. The zero-order chi connectivity index (χ0) is 25.7. The summed E-state index contributed by atoms with van der Waals surface area (Å²) in [4.78, 5) is 39.0. The van der Waals surface area contributed by atoms with Crippen LogP contribution in [0.3, 0.4) is 0 Å². The summed E-state index contributed by atoms with van der Waals surface area (Å²) in [6.07, 6.45) is 0.153. The molecule has 3 aromatic rings. The van der Waals surface area contributed by atoms with Crippen molar-refractivity contribution in [3.63, 3.8) is 0 Å². The van der Waals surface area contributed by atoms with Crippen LogP contribution in [-0.4, -0.2) is 30.9 Å². The fraction of sp³-hybridized carbons (Fsp3) is 0.222. The van der Waals surface area contributed by atoms with Crippen molar-refractivity contribution < 1.29 is 19.1 Å². The van der Waals surface area contributed by atoms with Gasteiger partial charge in [0.25, 0.3) is 5.91 Å². The first-order chi connectivity index (χ1) is 17.3. The molecule has 4 rings (SSSR count). The maximum Gasteiger partial charge on any atom is 0.262 e. The molecule has 1 aliphatic rings. The van der Waals surface area contributed by atoms with Gasteiger partial charge in [0.1, 0.15) is 5.75 Å². The molecule has 0 aromatic heterocycles. The van der Waals surface area contributed by atoms with E-state index in [0.717, 1.165) is 15.6 Å². The number of carbonyl (C=O) groups excluding carboxylic acids is 3. The molecule has 1 fully saturated rings. The van der Waals surface area contributed by atoms with Crippen LogP contribution in [0.2, 0.25) is 5.02 Å². The molecule has 0 bridgehead atoms. The van der Waals surface area contributed by atoms with Crippen LogP contribution in [0.1, 0.15) is 17.5 Å². The topological polar surface area (TPSA) is 87.7 Å². The SMILES string of the molecule is Cc1cc(NC(=O)COc2ccc(N3C[C@H](C(=O)NCc4ccc(Cl)cc4)CC3=O)cc2)ccc1Br. The molecule has 186 valence electrons. The van der Waals surface area contributed by atoms with Crippen molar-refractivity contribution in [2.45, 2.75) is 19.9 Å². The summed E-state index contributed by atoms with van der Waals surface area (Å²) in [5.74, 6) is -0.466. The predicted molar refractivity (Wildman–Crippen MR) is 143 cm³/mol. The second-order valence-corrected chi connectivity index (χ2v) is 9.84. The summed E-state index contributed by atoms with van der Waals surface area (Å²) < 4.78 is 6.55. The van der Waals surface area contributed by atoms with Gasteiger partial charge >= 0.3 is 0 Å². The minimum atomic E-state index is -0.424. The molecule has 1 saturated heterocycles. The summed E-state index contributed by atoms with van der Waals surface area (Å²) in [5.41, 5.74) is 3.32. The number of ether oxygens (including phenoxy) is 1. The Morgan fingerprint density at radius 1 is 1.08 bits per heavy atom. The Labute approximate surface area is 222 Å². The van der Waals surface area contributed by atoms with E-state index in [1.165, 1.54) is 0 Å². The number of benzene rings is 3. The van der Waals surface area contributed by atoms with Gasteiger partial charge < -0.3 is 20.3 Å². The molecule has 0 unspecified atom stereocenters. The third kappa shape index (κ3) is 6.65. The van der Waals surface area contributed by atoms with Crippen LogP contribution in [0.15, 0.2) is 71.2 Å². The van der Waals surface area contributed by atoms with Gasteiger partial charge in [-0.1, -0.05) is 39.7 Å². The van der Waals surface area contributed by atoms with Gasteiger partial charge in [-0.05, 0) is 72.6 Å². The molecule has 1 heterocycles. The molecule has 7 nitrogen and oxygen atoms in total. The Morgan fingerprint density at radius 2 is 1.81 bits per heavy atom. The molecule has 3 aromatic carbocycles. The Kier molecular flexibility index (Phi) is 8.28. The summed E-state index contributed by atoms with van der Waals surface area (Å²) in [7, 11) is 0. The van der Waals surface area contributed by atoms with Crippen LogP contribution >= 0.6 is 27.5 Å². The number of hydrogen-bond donors (Lipinski definition) is 2. The molecular formula is C27H25BrClN3O4. The largest absolute Gasteiger partial charge is 0.484 e. The lowest BCUT2D eigenvalue weighted by Gasteiger charge is -2.17. The van der Waals surface area contributed by atoms with E-state index in [0.29, 0.717) is 35.2 Å². The van der Waals surface area contributed by atoms with E-state index in [1.807, 2.05) is 37.3 Å². The number of aryl methyl sites for hydroxylation is 1. The van der Waals surface area contributed by atoms with Gasteiger partial charge in [-0.15, -0.1) is 0 Å². The minimum absolute atomic E-state index is 0.112. The van der Waals surface area contributed by atoms with E-state index in [9.17, 15) is 14.4 Å². The average molecular weight is 571 g/mol. The first-order valence-corrected chi connectivity index (χ1v) is 12.6. The smallest absolute Gasteiger partial charge is 0.262 e. The van der Waals surface area contributed by atoms with Crippen molar-refractivity contribution in [1.82, 2.24) is 5.32 Å². The first-order valence-electron chi connectivity index (χ1n) is 11.4. The number of amides is 3. The number of anilines is 2. The predicted octanol–water partition coefficient (Wildman–Crippen LogP) is 5.10. The summed E-state index contributed by atoms with van der Waals surface area (Å²) in [6, 6.07) is 19.7. The van der Waals surface area contributed by atoms with E-state index in [4.69, 9.17) is 16.3 Å². The van der Waals surface area contributed by atoms with Crippen LogP contribution in [-0.2, 0) is 20.9 Å². The number of hydrogen-bond acceptors (Lipinski definition) is 4. The van der Waals surface area contributed by atoms with Gasteiger partial charge in [0.2, 0.25) is 11.8 Å². The average Bonchev–Trinajstić information content (AvgIpc) is 3.26. The van der Waals surface area contributed by atoms with E-state index in [2.05, 4.69) is 26.6 Å². The Bertz CT molecular complexity index is 1270. The highest BCUT2D eigenvalue weighted by Gasteiger charge is 2.35.